The average Bonchev–Trinajstić information content (AvgIpc) is 3.34. The van der Waals surface area contributed by atoms with E-state index in [2.05, 4.69) is 28.5 Å². The predicted molar refractivity (Wildman–Crippen MR) is 82.9 cm³/mol. The van der Waals surface area contributed by atoms with Gasteiger partial charge in [0.15, 0.2) is 0 Å². The number of amides is 1. The summed E-state index contributed by atoms with van der Waals surface area (Å²) in [5.74, 6) is 0.797. The second-order valence-corrected chi connectivity index (χ2v) is 5.62. The third kappa shape index (κ3) is 3.69. The molecular weight excluding hydrogens is 260 g/mol. The van der Waals surface area contributed by atoms with Gasteiger partial charge in [0.2, 0.25) is 5.91 Å². The van der Waals surface area contributed by atoms with E-state index in [0.29, 0.717) is 5.92 Å². The Kier molecular flexibility index (Phi) is 4.29. The number of hydrogen-bond donors (Lipinski definition) is 1. The predicted octanol–water partition coefficient (Wildman–Crippen LogP) is 2.93. The van der Waals surface area contributed by atoms with Gasteiger partial charge < -0.3 is 5.32 Å². The zero-order chi connectivity index (χ0) is 14.5. The number of nitrogens with one attached hydrogen (secondary N) is 1. The Balaban J connectivity index is 1.38. The Hall–Kier alpha value is -2.16. The first-order valence-corrected chi connectivity index (χ1v) is 7.56. The number of pyridine rings is 1. The van der Waals surface area contributed by atoms with Crippen LogP contribution in [-0.2, 0) is 11.2 Å². The molecule has 1 heterocycles. The van der Waals surface area contributed by atoms with Crippen molar-refractivity contribution in [1.82, 2.24) is 10.3 Å². The fraction of sp³-hybridized carbons (Fsp3) is 0.333. The van der Waals surface area contributed by atoms with Crippen molar-refractivity contribution in [3.05, 3.63) is 66.0 Å². The third-order valence-electron chi connectivity index (χ3n) is 4.02. The zero-order valence-corrected chi connectivity index (χ0v) is 12.0. The lowest BCUT2D eigenvalue weighted by molar-refractivity contribution is -0.122. The molecule has 0 aliphatic heterocycles. The van der Waals surface area contributed by atoms with Crippen LogP contribution in [-0.4, -0.2) is 17.4 Å². The number of hydrogen-bond acceptors (Lipinski definition) is 2. The summed E-state index contributed by atoms with van der Waals surface area (Å²) in [5, 5.41) is 3.06. The van der Waals surface area contributed by atoms with Crippen molar-refractivity contribution in [2.75, 3.05) is 6.54 Å². The number of nitrogens with zero attached hydrogens (tertiary/aromatic N) is 1. The summed E-state index contributed by atoms with van der Waals surface area (Å²) in [6.07, 6.45) is 6.57. The summed E-state index contributed by atoms with van der Waals surface area (Å²) in [6.45, 7) is 0.742. The second-order valence-electron chi connectivity index (χ2n) is 5.62. The van der Waals surface area contributed by atoms with E-state index in [1.54, 1.807) is 6.20 Å². The highest BCUT2D eigenvalue weighted by atomic mass is 16.2. The number of carbonyl (C=O) groups excluding carboxylic acids is 1. The molecule has 21 heavy (non-hydrogen) atoms. The first-order chi connectivity index (χ1) is 10.3. The van der Waals surface area contributed by atoms with Gasteiger partial charge in [-0.05, 0) is 42.4 Å². The summed E-state index contributed by atoms with van der Waals surface area (Å²) in [7, 11) is 0. The van der Waals surface area contributed by atoms with E-state index in [-0.39, 0.29) is 11.8 Å². The fourth-order valence-corrected chi connectivity index (χ4v) is 2.73. The van der Waals surface area contributed by atoms with Crippen LogP contribution in [0.5, 0.6) is 0 Å². The number of rotatable bonds is 6. The fourth-order valence-electron chi connectivity index (χ4n) is 2.73. The van der Waals surface area contributed by atoms with Gasteiger partial charge in [0, 0.05) is 24.9 Å². The van der Waals surface area contributed by atoms with Crippen LogP contribution in [0.4, 0.5) is 0 Å². The van der Waals surface area contributed by atoms with Gasteiger partial charge in [-0.25, -0.2) is 0 Å². The van der Waals surface area contributed by atoms with Crippen LogP contribution >= 0.6 is 0 Å². The molecule has 0 spiro atoms. The van der Waals surface area contributed by atoms with E-state index < -0.39 is 0 Å². The average molecular weight is 280 g/mol. The highest BCUT2D eigenvalue weighted by molar-refractivity contribution is 5.82. The van der Waals surface area contributed by atoms with E-state index >= 15 is 0 Å². The van der Waals surface area contributed by atoms with Gasteiger partial charge in [-0.3, -0.25) is 9.78 Å². The summed E-state index contributed by atoms with van der Waals surface area (Å²) in [4.78, 5) is 16.2. The van der Waals surface area contributed by atoms with Crippen molar-refractivity contribution in [3.63, 3.8) is 0 Å². The number of aryl methyl sites for hydroxylation is 1. The molecule has 2 aromatic rings. The van der Waals surface area contributed by atoms with Crippen LogP contribution in [0.25, 0.3) is 0 Å². The maximum atomic E-state index is 12.1. The van der Waals surface area contributed by atoms with Gasteiger partial charge in [0.1, 0.15) is 0 Å². The van der Waals surface area contributed by atoms with Crippen LogP contribution in [0.3, 0.4) is 0 Å². The van der Waals surface area contributed by atoms with Crippen LogP contribution in [0.2, 0.25) is 0 Å². The van der Waals surface area contributed by atoms with E-state index in [1.807, 2.05) is 30.5 Å². The van der Waals surface area contributed by atoms with Gasteiger partial charge in [-0.2, -0.15) is 0 Å². The minimum atomic E-state index is 0.172. The minimum Gasteiger partial charge on any atom is -0.356 e. The van der Waals surface area contributed by atoms with E-state index in [1.165, 1.54) is 11.1 Å². The lowest BCUT2D eigenvalue weighted by atomic mass is 10.1. The molecule has 1 saturated carbocycles. The van der Waals surface area contributed by atoms with Crippen LogP contribution in [0, 0.1) is 5.92 Å². The van der Waals surface area contributed by atoms with E-state index in [4.69, 9.17) is 0 Å². The van der Waals surface area contributed by atoms with Crippen molar-refractivity contribution < 1.29 is 4.79 Å². The molecule has 1 fully saturated rings. The smallest absolute Gasteiger partial charge is 0.223 e. The van der Waals surface area contributed by atoms with Crippen molar-refractivity contribution in [1.29, 1.82) is 0 Å². The molecule has 3 rings (SSSR count). The first kappa shape index (κ1) is 13.8. The Morgan fingerprint density at radius 1 is 1.19 bits per heavy atom. The van der Waals surface area contributed by atoms with E-state index in [0.717, 1.165) is 25.8 Å². The van der Waals surface area contributed by atoms with Gasteiger partial charge in [-0.15, -0.1) is 0 Å². The van der Waals surface area contributed by atoms with Gasteiger partial charge in [0.05, 0.1) is 0 Å². The molecule has 1 aromatic heterocycles. The van der Waals surface area contributed by atoms with Crippen molar-refractivity contribution in [3.8, 4) is 0 Å². The van der Waals surface area contributed by atoms with Crippen LogP contribution in [0.1, 0.15) is 29.9 Å². The molecule has 108 valence electrons. The monoisotopic (exact) mass is 280 g/mol. The van der Waals surface area contributed by atoms with Crippen molar-refractivity contribution in [2.24, 2.45) is 5.92 Å². The number of carbonyl (C=O) groups is 1. The van der Waals surface area contributed by atoms with E-state index in [9.17, 15) is 4.79 Å². The lowest BCUT2D eigenvalue weighted by Crippen LogP contribution is -2.26. The molecule has 2 unspecified atom stereocenters. The van der Waals surface area contributed by atoms with Crippen LogP contribution < -0.4 is 5.32 Å². The summed E-state index contributed by atoms with van der Waals surface area (Å²) >= 11 is 0. The summed E-state index contributed by atoms with van der Waals surface area (Å²) in [6, 6.07) is 14.3. The summed E-state index contributed by atoms with van der Waals surface area (Å²) < 4.78 is 0. The Morgan fingerprint density at radius 2 is 2.05 bits per heavy atom. The minimum absolute atomic E-state index is 0.172. The molecule has 2 atom stereocenters. The maximum Gasteiger partial charge on any atom is 0.223 e. The Labute approximate surface area is 125 Å². The molecular formula is C18H20N2O. The molecule has 1 aliphatic rings. The SMILES string of the molecule is O=C(NCCCc1cccnc1)C1CC1c1ccccc1. The number of benzene rings is 1. The molecule has 0 saturated heterocycles. The highest BCUT2D eigenvalue weighted by Gasteiger charge is 2.43. The molecule has 3 nitrogen and oxygen atoms in total. The number of aromatic nitrogens is 1. The molecule has 1 N–H and O–H groups in total. The normalized spacial score (nSPS) is 20.0. The summed E-state index contributed by atoms with van der Waals surface area (Å²) in [5.41, 5.74) is 2.51. The second kappa shape index (κ2) is 6.53. The largest absolute Gasteiger partial charge is 0.356 e. The Morgan fingerprint density at radius 3 is 2.81 bits per heavy atom. The zero-order valence-electron chi connectivity index (χ0n) is 12.0. The van der Waals surface area contributed by atoms with Gasteiger partial charge in [-0.1, -0.05) is 36.4 Å². The first-order valence-electron chi connectivity index (χ1n) is 7.56. The molecule has 3 heteroatoms. The van der Waals surface area contributed by atoms with Crippen molar-refractivity contribution in [2.45, 2.75) is 25.2 Å². The quantitative estimate of drug-likeness (QED) is 0.827. The lowest BCUT2D eigenvalue weighted by Gasteiger charge is -2.05. The highest BCUT2D eigenvalue weighted by Crippen LogP contribution is 2.47. The van der Waals surface area contributed by atoms with Gasteiger partial charge in [0.25, 0.3) is 0 Å². The topological polar surface area (TPSA) is 42.0 Å². The molecule has 1 amide bonds. The molecule has 1 aromatic carbocycles. The standard InChI is InChI=1S/C18H20N2O/c21-18(17-12-16(17)15-8-2-1-3-9-15)20-11-5-7-14-6-4-10-19-13-14/h1-4,6,8-10,13,16-17H,5,7,11-12H2,(H,20,21). The molecule has 0 radical (unpaired) electrons. The molecule has 1 aliphatic carbocycles. The third-order valence-corrected chi connectivity index (χ3v) is 4.02. The maximum absolute atomic E-state index is 12.1. The van der Waals surface area contributed by atoms with Gasteiger partial charge >= 0.3 is 0 Å². The van der Waals surface area contributed by atoms with Crippen LogP contribution in [0.15, 0.2) is 54.9 Å². The Bertz CT molecular complexity index is 583. The molecule has 0 bridgehead atoms. The van der Waals surface area contributed by atoms with Crippen molar-refractivity contribution >= 4 is 5.91 Å².